The van der Waals surface area contributed by atoms with Crippen molar-refractivity contribution in [2.45, 2.75) is 51.9 Å². The van der Waals surface area contributed by atoms with Crippen molar-refractivity contribution in [3.63, 3.8) is 0 Å². The van der Waals surface area contributed by atoms with Gasteiger partial charge in [0.1, 0.15) is 0 Å². The Morgan fingerprint density at radius 1 is 0.848 bits per heavy atom. The lowest BCUT2D eigenvalue weighted by molar-refractivity contribution is -0.125. The molecule has 1 atom stereocenters. The molecule has 3 heterocycles. The van der Waals surface area contributed by atoms with Crippen molar-refractivity contribution in [3.05, 3.63) is 48.5 Å². The largest absolute Gasteiger partial charge is 0.329 e. The van der Waals surface area contributed by atoms with Gasteiger partial charge in [0, 0.05) is 17.9 Å². The maximum Gasteiger partial charge on any atom is 0.229 e. The minimum atomic E-state index is 0.120. The lowest BCUT2D eigenvalue weighted by atomic mass is 9.78. The van der Waals surface area contributed by atoms with Gasteiger partial charge in [0.25, 0.3) is 0 Å². The third kappa shape index (κ3) is 6.44. The average Bonchev–Trinajstić information content (AvgIpc) is 2.87. The molecule has 176 valence electrons. The van der Waals surface area contributed by atoms with Crippen LogP contribution in [0, 0.1) is 17.8 Å². The van der Waals surface area contributed by atoms with Crippen molar-refractivity contribution in [2.75, 3.05) is 30.3 Å². The fourth-order valence-corrected chi connectivity index (χ4v) is 5.38. The minimum Gasteiger partial charge on any atom is -0.329 e. The first-order valence-corrected chi connectivity index (χ1v) is 12.6. The average molecular weight is 448 g/mol. The van der Waals surface area contributed by atoms with Crippen LogP contribution < -0.4 is 10.6 Å². The van der Waals surface area contributed by atoms with Gasteiger partial charge in [-0.25, -0.2) is 0 Å². The summed E-state index contributed by atoms with van der Waals surface area (Å²) in [6, 6.07) is 15.6. The van der Waals surface area contributed by atoms with Crippen LogP contribution in [0.25, 0.3) is 11.1 Å². The summed E-state index contributed by atoms with van der Waals surface area (Å²) in [6.45, 7) is 5.55. The zero-order chi connectivity index (χ0) is 23.0. The summed E-state index contributed by atoms with van der Waals surface area (Å²) in [5, 5.41) is 5.71. The summed E-state index contributed by atoms with van der Waals surface area (Å²) in [4.78, 5) is 25.5. The number of amides is 2. The maximum atomic E-state index is 12.6. The minimum absolute atomic E-state index is 0.120. The Labute approximate surface area is 197 Å². The molecule has 0 unspecified atom stereocenters. The van der Waals surface area contributed by atoms with Crippen LogP contribution in [0.4, 0.5) is 11.4 Å². The van der Waals surface area contributed by atoms with E-state index >= 15 is 0 Å². The number of hydrogen-bond donors (Lipinski definition) is 2. The first-order valence-electron chi connectivity index (χ1n) is 12.6. The lowest BCUT2D eigenvalue weighted by Gasteiger charge is -2.43. The van der Waals surface area contributed by atoms with Crippen molar-refractivity contribution in [1.29, 1.82) is 0 Å². The topological polar surface area (TPSA) is 61.4 Å². The molecule has 0 radical (unpaired) electrons. The molecule has 4 fully saturated rings. The number of piperidine rings is 3. The summed E-state index contributed by atoms with van der Waals surface area (Å²) in [6.07, 6.45) is 10.4. The quantitative estimate of drug-likeness (QED) is 0.571. The highest BCUT2D eigenvalue weighted by atomic mass is 16.2. The Balaban J connectivity index is 0.000000318. The van der Waals surface area contributed by atoms with E-state index < -0.39 is 0 Å². The highest BCUT2D eigenvalue weighted by Gasteiger charge is 2.38. The molecule has 0 aromatic heterocycles. The van der Waals surface area contributed by atoms with Crippen LogP contribution >= 0.6 is 0 Å². The standard InChI is InChI=1S/C21H23N3O2.C7H14/c25-14-22-18-5-1-15(2-6-18)16-3-7-19(8-4-16)23-21(26)20-13-24-11-9-17(20)10-12-24;1-7-5-3-2-4-6-7/h1-8,14,17,20H,9-13H2,(H,22,25)(H,23,26);7H,2-6H2,1H3/t20-;/m0./s1. The summed E-state index contributed by atoms with van der Waals surface area (Å²) in [5.74, 6) is 1.85. The van der Waals surface area contributed by atoms with E-state index in [1.54, 1.807) is 0 Å². The fourth-order valence-electron chi connectivity index (χ4n) is 5.38. The number of nitrogens with zero attached hydrogens (tertiary/aromatic N) is 1. The Morgan fingerprint density at radius 3 is 1.88 bits per heavy atom. The molecule has 5 heteroatoms. The van der Waals surface area contributed by atoms with Crippen molar-refractivity contribution >= 4 is 23.7 Å². The van der Waals surface area contributed by atoms with E-state index in [0.29, 0.717) is 12.3 Å². The van der Waals surface area contributed by atoms with Gasteiger partial charge in [0.05, 0.1) is 5.92 Å². The zero-order valence-electron chi connectivity index (χ0n) is 19.8. The van der Waals surface area contributed by atoms with Crippen LogP contribution in [0.5, 0.6) is 0 Å². The molecule has 1 saturated carbocycles. The number of nitrogens with one attached hydrogen (secondary N) is 2. The Kier molecular flexibility index (Phi) is 8.16. The molecule has 2 N–H and O–H groups in total. The molecular weight excluding hydrogens is 410 g/mol. The fraction of sp³-hybridized carbons (Fsp3) is 0.500. The molecule has 33 heavy (non-hydrogen) atoms. The predicted octanol–water partition coefficient (Wildman–Crippen LogP) is 5.79. The van der Waals surface area contributed by atoms with Crippen LogP contribution in [0.3, 0.4) is 0 Å². The molecule has 2 bridgehead atoms. The Morgan fingerprint density at radius 2 is 1.42 bits per heavy atom. The number of hydrogen-bond acceptors (Lipinski definition) is 3. The van der Waals surface area contributed by atoms with Gasteiger partial charge in [0.2, 0.25) is 12.3 Å². The second-order valence-electron chi connectivity index (χ2n) is 9.89. The molecule has 2 amide bonds. The van der Waals surface area contributed by atoms with Crippen molar-refractivity contribution in [2.24, 2.45) is 17.8 Å². The van der Waals surface area contributed by atoms with Crippen molar-refractivity contribution < 1.29 is 9.59 Å². The van der Waals surface area contributed by atoms with Gasteiger partial charge < -0.3 is 15.5 Å². The number of fused-ring (bicyclic) bond motifs is 3. The highest BCUT2D eigenvalue weighted by Crippen LogP contribution is 2.33. The number of carbonyl (C=O) groups is 2. The maximum absolute atomic E-state index is 12.6. The molecule has 3 saturated heterocycles. The highest BCUT2D eigenvalue weighted by molar-refractivity contribution is 5.93. The molecule has 2 aromatic rings. The molecule has 6 rings (SSSR count). The monoisotopic (exact) mass is 447 g/mol. The van der Waals surface area contributed by atoms with Gasteiger partial charge in [-0.1, -0.05) is 63.3 Å². The van der Waals surface area contributed by atoms with Gasteiger partial charge in [-0.05, 0) is 73.2 Å². The van der Waals surface area contributed by atoms with Crippen LogP contribution in [-0.4, -0.2) is 36.9 Å². The van der Waals surface area contributed by atoms with Gasteiger partial charge in [-0.2, -0.15) is 0 Å². The van der Waals surface area contributed by atoms with Crippen molar-refractivity contribution in [3.8, 4) is 11.1 Å². The number of carbonyl (C=O) groups excluding carboxylic acids is 2. The summed E-state index contributed by atoms with van der Waals surface area (Å²) < 4.78 is 0. The second kappa shape index (κ2) is 11.5. The normalized spacial score (nSPS) is 24.3. The van der Waals surface area contributed by atoms with Gasteiger partial charge >= 0.3 is 0 Å². The first kappa shape index (κ1) is 23.5. The number of rotatable bonds is 5. The molecular formula is C28H37N3O2. The number of benzene rings is 2. The van der Waals surface area contributed by atoms with Crippen molar-refractivity contribution in [1.82, 2.24) is 4.90 Å². The van der Waals surface area contributed by atoms with E-state index in [4.69, 9.17) is 0 Å². The summed E-state index contributed by atoms with van der Waals surface area (Å²) >= 11 is 0. The molecule has 2 aromatic carbocycles. The van der Waals surface area contributed by atoms with Crippen LogP contribution in [0.2, 0.25) is 0 Å². The molecule has 0 spiro atoms. The first-order chi connectivity index (χ1) is 16.1. The Hall–Kier alpha value is -2.66. The van der Waals surface area contributed by atoms with E-state index in [2.05, 4.69) is 22.5 Å². The summed E-state index contributed by atoms with van der Waals surface area (Å²) in [5.41, 5.74) is 3.75. The second-order valence-corrected chi connectivity index (χ2v) is 9.89. The third-order valence-corrected chi connectivity index (χ3v) is 7.48. The van der Waals surface area contributed by atoms with E-state index in [1.807, 2.05) is 48.5 Å². The number of anilines is 2. The SMILES string of the molecule is CC1CCCCC1.O=CNc1ccc(-c2ccc(NC(=O)[C@H]3CN4CCC3CC4)cc2)cc1. The third-order valence-electron chi connectivity index (χ3n) is 7.48. The predicted molar refractivity (Wildman–Crippen MR) is 135 cm³/mol. The summed E-state index contributed by atoms with van der Waals surface area (Å²) in [7, 11) is 0. The molecule has 1 aliphatic carbocycles. The zero-order valence-corrected chi connectivity index (χ0v) is 19.8. The van der Waals surface area contributed by atoms with E-state index in [0.717, 1.165) is 60.9 Å². The van der Waals surface area contributed by atoms with E-state index in [9.17, 15) is 9.59 Å². The van der Waals surface area contributed by atoms with Gasteiger partial charge in [0.15, 0.2) is 0 Å². The van der Waals surface area contributed by atoms with Gasteiger partial charge in [-0.15, -0.1) is 0 Å². The van der Waals surface area contributed by atoms with Crippen LogP contribution in [0.15, 0.2) is 48.5 Å². The molecule has 4 aliphatic rings. The van der Waals surface area contributed by atoms with E-state index in [-0.39, 0.29) is 11.8 Å². The molecule has 5 nitrogen and oxygen atoms in total. The lowest BCUT2D eigenvalue weighted by Crippen LogP contribution is -2.51. The van der Waals surface area contributed by atoms with Crippen LogP contribution in [0.1, 0.15) is 51.9 Å². The smallest absolute Gasteiger partial charge is 0.229 e. The van der Waals surface area contributed by atoms with E-state index in [1.165, 1.54) is 32.1 Å². The van der Waals surface area contributed by atoms with Crippen LogP contribution in [-0.2, 0) is 9.59 Å². The van der Waals surface area contributed by atoms with Gasteiger partial charge in [-0.3, -0.25) is 9.59 Å². The Bertz CT molecular complexity index is 896. The molecule has 3 aliphatic heterocycles.